The van der Waals surface area contributed by atoms with E-state index in [0.717, 1.165) is 16.6 Å². The van der Waals surface area contributed by atoms with E-state index in [1.807, 2.05) is 37.5 Å². The highest BCUT2D eigenvalue weighted by molar-refractivity contribution is 6.03. The van der Waals surface area contributed by atoms with Crippen molar-refractivity contribution in [2.75, 3.05) is 7.11 Å². The van der Waals surface area contributed by atoms with E-state index >= 15 is 0 Å². The fraction of sp³-hybridized carbons (Fsp3) is 0.350. The summed E-state index contributed by atoms with van der Waals surface area (Å²) in [6.07, 6.45) is 1.69. The molecular weight excluding hydrogens is 330 g/mol. The van der Waals surface area contributed by atoms with E-state index in [2.05, 4.69) is 9.97 Å². The number of fused-ring (bicyclic) bond motifs is 1. The van der Waals surface area contributed by atoms with Gasteiger partial charge in [0, 0.05) is 5.69 Å². The van der Waals surface area contributed by atoms with E-state index in [1.54, 1.807) is 20.2 Å². The first-order valence-corrected chi connectivity index (χ1v) is 8.51. The SMILES string of the molecule is COC(=O)c1c(C)[nH]c(C(=O)[C@H](C)n2cnc3cc(C)c(C)cc32)c1C. The van der Waals surface area contributed by atoms with Crippen LogP contribution >= 0.6 is 0 Å². The Morgan fingerprint density at radius 1 is 1.15 bits per heavy atom. The van der Waals surface area contributed by atoms with Crippen molar-refractivity contribution in [3.63, 3.8) is 0 Å². The summed E-state index contributed by atoms with van der Waals surface area (Å²) in [5, 5.41) is 0. The van der Waals surface area contributed by atoms with E-state index in [-0.39, 0.29) is 5.78 Å². The van der Waals surface area contributed by atoms with Gasteiger partial charge in [0.2, 0.25) is 5.78 Å². The van der Waals surface area contributed by atoms with Crippen LogP contribution in [0.5, 0.6) is 0 Å². The quantitative estimate of drug-likeness (QED) is 0.571. The molecule has 0 bridgehead atoms. The molecule has 0 aliphatic rings. The zero-order valence-corrected chi connectivity index (χ0v) is 15.9. The number of esters is 1. The summed E-state index contributed by atoms with van der Waals surface area (Å²) in [4.78, 5) is 32.6. The van der Waals surface area contributed by atoms with Crippen molar-refractivity contribution < 1.29 is 14.3 Å². The molecule has 0 fully saturated rings. The van der Waals surface area contributed by atoms with Gasteiger partial charge in [-0.1, -0.05) is 0 Å². The van der Waals surface area contributed by atoms with Crippen molar-refractivity contribution in [1.29, 1.82) is 0 Å². The molecule has 0 radical (unpaired) electrons. The molecule has 0 unspecified atom stereocenters. The van der Waals surface area contributed by atoms with Crippen molar-refractivity contribution in [2.24, 2.45) is 0 Å². The summed E-state index contributed by atoms with van der Waals surface area (Å²) in [7, 11) is 1.33. The van der Waals surface area contributed by atoms with Crippen LogP contribution in [0.25, 0.3) is 11.0 Å². The third-order valence-corrected chi connectivity index (χ3v) is 5.06. The summed E-state index contributed by atoms with van der Waals surface area (Å²) >= 11 is 0. The normalized spacial score (nSPS) is 12.4. The molecule has 2 heterocycles. The minimum atomic E-state index is -0.454. The first-order chi connectivity index (χ1) is 12.3. The molecule has 136 valence electrons. The van der Waals surface area contributed by atoms with E-state index in [9.17, 15) is 9.59 Å². The number of nitrogens with one attached hydrogen (secondary N) is 1. The standard InChI is InChI=1S/C20H23N3O3/c1-10-7-15-16(8-11(10)2)23(9-21-15)14(5)19(24)18-12(3)17(13(4)22-18)20(25)26-6/h7-9,14,22H,1-6H3/t14-/m0/s1. The number of benzene rings is 1. The third kappa shape index (κ3) is 2.71. The molecule has 0 saturated heterocycles. The Kier molecular flexibility index (Phi) is 4.44. The summed E-state index contributed by atoms with van der Waals surface area (Å²) in [6, 6.07) is 3.62. The lowest BCUT2D eigenvalue weighted by molar-refractivity contribution is 0.0599. The minimum absolute atomic E-state index is 0.0988. The Labute approximate surface area is 152 Å². The number of rotatable bonds is 4. The second kappa shape index (κ2) is 6.44. The predicted molar refractivity (Wildman–Crippen MR) is 99.9 cm³/mol. The number of Topliss-reactive ketones (excluding diaryl/α,β-unsaturated/α-hetero) is 1. The fourth-order valence-corrected chi connectivity index (χ4v) is 3.33. The largest absolute Gasteiger partial charge is 0.465 e. The molecule has 3 rings (SSSR count). The summed E-state index contributed by atoms with van der Waals surface area (Å²) in [5.74, 6) is -0.541. The number of carbonyl (C=O) groups is 2. The van der Waals surface area contributed by atoms with Gasteiger partial charge >= 0.3 is 5.97 Å². The van der Waals surface area contributed by atoms with Crippen molar-refractivity contribution in [3.05, 3.63) is 52.1 Å². The Hall–Kier alpha value is -2.89. The molecule has 0 spiro atoms. The number of ether oxygens (including phenoxy) is 1. The van der Waals surface area contributed by atoms with Gasteiger partial charge in [-0.05, 0) is 63.4 Å². The molecule has 2 aromatic heterocycles. The van der Waals surface area contributed by atoms with Gasteiger partial charge in [-0.2, -0.15) is 0 Å². The number of imidazole rings is 1. The molecule has 1 aromatic carbocycles. The maximum Gasteiger partial charge on any atom is 0.339 e. The maximum atomic E-state index is 13.1. The first-order valence-electron chi connectivity index (χ1n) is 8.51. The van der Waals surface area contributed by atoms with Gasteiger partial charge < -0.3 is 14.3 Å². The Balaban J connectivity index is 2.04. The van der Waals surface area contributed by atoms with Gasteiger partial charge in [0.15, 0.2) is 0 Å². The van der Waals surface area contributed by atoms with Crippen LogP contribution in [-0.4, -0.2) is 33.4 Å². The number of aromatic nitrogens is 3. The lowest BCUT2D eigenvalue weighted by atomic mass is 10.0. The summed E-state index contributed by atoms with van der Waals surface area (Å²) in [6.45, 7) is 9.45. The van der Waals surface area contributed by atoms with Crippen LogP contribution in [0.15, 0.2) is 18.5 Å². The number of nitrogens with zero attached hydrogens (tertiary/aromatic N) is 2. The number of carbonyl (C=O) groups excluding carboxylic acids is 2. The highest BCUT2D eigenvalue weighted by atomic mass is 16.5. The smallest absolute Gasteiger partial charge is 0.339 e. The first kappa shape index (κ1) is 17.9. The van der Waals surface area contributed by atoms with Crippen molar-refractivity contribution in [1.82, 2.24) is 14.5 Å². The van der Waals surface area contributed by atoms with Crippen LogP contribution in [0.2, 0.25) is 0 Å². The molecule has 1 N–H and O–H groups in total. The summed E-state index contributed by atoms with van der Waals surface area (Å²) < 4.78 is 6.69. The number of methoxy groups -OCH3 is 1. The lowest BCUT2D eigenvalue weighted by Crippen LogP contribution is -2.17. The molecule has 0 saturated carbocycles. The van der Waals surface area contributed by atoms with Gasteiger partial charge in [0.05, 0.1) is 41.8 Å². The average molecular weight is 353 g/mol. The topological polar surface area (TPSA) is 77.0 Å². The number of hydrogen-bond acceptors (Lipinski definition) is 4. The highest BCUT2D eigenvalue weighted by Gasteiger charge is 2.27. The molecule has 0 aliphatic carbocycles. The monoisotopic (exact) mass is 353 g/mol. The van der Waals surface area contributed by atoms with Crippen molar-refractivity contribution >= 4 is 22.8 Å². The van der Waals surface area contributed by atoms with Gasteiger partial charge in [0.25, 0.3) is 0 Å². The van der Waals surface area contributed by atoms with Gasteiger partial charge in [-0.15, -0.1) is 0 Å². The Morgan fingerprint density at radius 3 is 2.46 bits per heavy atom. The summed E-state index contributed by atoms with van der Waals surface area (Å²) in [5.41, 5.74) is 6.20. The maximum absolute atomic E-state index is 13.1. The zero-order valence-electron chi connectivity index (χ0n) is 15.9. The van der Waals surface area contributed by atoms with Crippen LogP contribution in [0.3, 0.4) is 0 Å². The van der Waals surface area contributed by atoms with E-state index in [4.69, 9.17) is 4.74 Å². The highest BCUT2D eigenvalue weighted by Crippen LogP contribution is 2.26. The lowest BCUT2D eigenvalue weighted by Gasteiger charge is -2.14. The molecule has 3 aromatic rings. The van der Waals surface area contributed by atoms with Crippen LogP contribution < -0.4 is 0 Å². The molecule has 1 atom stereocenters. The number of aromatic amines is 1. The molecule has 26 heavy (non-hydrogen) atoms. The Bertz CT molecular complexity index is 1030. The van der Waals surface area contributed by atoms with E-state index < -0.39 is 12.0 Å². The van der Waals surface area contributed by atoms with E-state index in [0.29, 0.717) is 22.5 Å². The molecular formula is C20H23N3O3. The van der Waals surface area contributed by atoms with Crippen molar-refractivity contribution in [3.8, 4) is 0 Å². The number of H-pyrrole nitrogens is 1. The number of hydrogen-bond donors (Lipinski definition) is 1. The van der Waals surface area contributed by atoms with Crippen LogP contribution in [0, 0.1) is 27.7 Å². The van der Waals surface area contributed by atoms with Crippen molar-refractivity contribution in [2.45, 2.75) is 40.7 Å². The molecule has 0 aliphatic heterocycles. The van der Waals surface area contributed by atoms with Crippen LogP contribution in [-0.2, 0) is 4.74 Å². The second-order valence-electron chi connectivity index (χ2n) is 6.73. The fourth-order valence-electron chi connectivity index (χ4n) is 3.33. The molecule has 6 nitrogen and oxygen atoms in total. The van der Waals surface area contributed by atoms with Gasteiger partial charge in [-0.3, -0.25) is 4.79 Å². The minimum Gasteiger partial charge on any atom is -0.465 e. The Morgan fingerprint density at radius 2 is 1.81 bits per heavy atom. The molecule has 0 amide bonds. The molecule has 6 heteroatoms. The number of aryl methyl sites for hydroxylation is 3. The third-order valence-electron chi connectivity index (χ3n) is 5.06. The zero-order chi connectivity index (χ0) is 19.2. The van der Waals surface area contributed by atoms with Crippen LogP contribution in [0.1, 0.15) is 56.2 Å². The predicted octanol–water partition coefficient (Wildman–Crippen LogP) is 3.83. The van der Waals surface area contributed by atoms with E-state index in [1.165, 1.54) is 12.7 Å². The van der Waals surface area contributed by atoms with Gasteiger partial charge in [-0.25, -0.2) is 9.78 Å². The number of ketones is 1. The average Bonchev–Trinajstić information content (AvgIpc) is 3.14. The van der Waals surface area contributed by atoms with Gasteiger partial charge in [0.1, 0.15) is 0 Å². The van der Waals surface area contributed by atoms with Crippen LogP contribution in [0.4, 0.5) is 0 Å². The second-order valence-corrected chi connectivity index (χ2v) is 6.73.